The molecular formula is C11H18N2O2. The Morgan fingerprint density at radius 1 is 1.13 bits per heavy atom. The van der Waals surface area contributed by atoms with Crippen LogP contribution >= 0.6 is 0 Å². The van der Waals surface area contributed by atoms with Gasteiger partial charge < -0.3 is 9.47 Å². The molecule has 0 radical (unpaired) electrons. The predicted octanol–water partition coefficient (Wildman–Crippen LogP) is 1.80. The standard InChI is InChI=1S/C11H18N2O2/c1-11(2,3)9-7-13-10(8-12-9)15-6-5-14-4/h7-8H,5-6H2,1-4H3. The van der Waals surface area contributed by atoms with Gasteiger partial charge in [0.25, 0.3) is 0 Å². The quantitative estimate of drug-likeness (QED) is 0.711. The fourth-order valence-electron chi connectivity index (χ4n) is 1.01. The molecular weight excluding hydrogens is 192 g/mol. The molecule has 1 heterocycles. The molecule has 0 unspecified atom stereocenters. The van der Waals surface area contributed by atoms with Gasteiger partial charge in [0, 0.05) is 12.5 Å². The maximum atomic E-state index is 5.32. The molecule has 0 aromatic carbocycles. The fraction of sp³-hybridized carbons (Fsp3) is 0.636. The first-order valence-electron chi connectivity index (χ1n) is 4.98. The highest BCUT2D eigenvalue weighted by atomic mass is 16.5. The van der Waals surface area contributed by atoms with E-state index in [0.29, 0.717) is 19.1 Å². The van der Waals surface area contributed by atoms with Crippen LogP contribution in [0.15, 0.2) is 12.4 Å². The molecule has 1 aromatic rings. The number of hydrogen-bond donors (Lipinski definition) is 0. The molecule has 0 fully saturated rings. The van der Waals surface area contributed by atoms with Crippen molar-refractivity contribution in [2.75, 3.05) is 20.3 Å². The van der Waals surface area contributed by atoms with Crippen molar-refractivity contribution < 1.29 is 9.47 Å². The van der Waals surface area contributed by atoms with Gasteiger partial charge in [0.05, 0.1) is 24.7 Å². The summed E-state index contributed by atoms with van der Waals surface area (Å²) >= 11 is 0. The van der Waals surface area contributed by atoms with Crippen LogP contribution in [0.4, 0.5) is 0 Å². The van der Waals surface area contributed by atoms with E-state index in [0.717, 1.165) is 5.69 Å². The number of ether oxygens (including phenoxy) is 2. The van der Waals surface area contributed by atoms with Gasteiger partial charge in [-0.2, -0.15) is 0 Å². The maximum absolute atomic E-state index is 5.32. The Balaban J connectivity index is 2.57. The Labute approximate surface area is 90.7 Å². The first kappa shape index (κ1) is 11.9. The summed E-state index contributed by atoms with van der Waals surface area (Å²) in [5.41, 5.74) is 0.986. The number of aromatic nitrogens is 2. The Morgan fingerprint density at radius 3 is 2.33 bits per heavy atom. The van der Waals surface area contributed by atoms with Crippen LogP contribution in [0.3, 0.4) is 0 Å². The monoisotopic (exact) mass is 210 g/mol. The van der Waals surface area contributed by atoms with Crippen LogP contribution in [0.5, 0.6) is 5.88 Å². The highest BCUT2D eigenvalue weighted by molar-refractivity contribution is 5.13. The molecule has 0 bridgehead atoms. The number of hydrogen-bond acceptors (Lipinski definition) is 4. The second-order valence-electron chi connectivity index (χ2n) is 4.33. The van der Waals surface area contributed by atoms with Crippen molar-refractivity contribution >= 4 is 0 Å². The molecule has 0 aliphatic rings. The Bertz CT molecular complexity index is 290. The predicted molar refractivity (Wildman–Crippen MR) is 58.1 cm³/mol. The molecule has 0 saturated carbocycles. The molecule has 4 heteroatoms. The van der Waals surface area contributed by atoms with Crippen LogP contribution in [0.2, 0.25) is 0 Å². The lowest BCUT2D eigenvalue weighted by Gasteiger charge is -2.16. The van der Waals surface area contributed by atoms with Gasteiger partial charge in [-0.25, -0.2) is 4.98 Å². The summed E-state index contributed by atoms with van der Waals surface area (Å²) in [5.74, 6) is 0.542. The molecule has 0 amide bonds. The minimum absolute atomic E-state index is 0.0259. The van der Waals surface area contributed by atoms with Crippen molar-refractivity contribution in [3.8, 4) is 5.88 Å². The van der Waals surface area contributed by atoms with Crippen molar-refractivity contribution in [3.63, 3.8) is 0 Å². The molecule has 0 aliphatic heterocycles. The average Bonchev–Trinajstić information content (AvgIpc) is 2.18. The lowest BCUT2D eigenvalue weighted by atomic mass is 9.93. The van der Waals surface area contributed by atoms with E-state index in [-0.39, 0.29) is 5.41 Å². The largest absolute Gasteiger partial charge is 0.474 e. The molecule has 0 saturated heterocycles. The zero-order chi connectivity index (χ0) is 11.3. The molecule has 1 rings (SSSR count). The first-order chi connectivity index (χ1) is 7.04. The van der Waals surface area contributed by atoms with Crippen LogP contribution in [-0.4, -0.2) is 30.3 Å². The Kier molecular flexibility index (Phi) is 4.03. The third-order valence-electron chi connectivity index (χ3n) is 1.93. The van der Waals surface area contributed by atoms with E-state index in [9.17, 15) is 0 Å². The van der Waals surface area contributed by atoms with E-state index in [1.54, 1.807) is 19.5 Å². The number of methoxy groups -OCH3 is 1. The van der Waals surface area contributed by atoms with Crippen LogP contribution in [0.1, 0.15) is 26.5 Å². The lowest BCUT2D eigenvalue weighted by molar-refractivity contribution is 0.143. The van der Waals surface area contributed by atoms with Crippen molar-refractivity contribution in [3.05, 3.63) is 18.1 Å². The number of rotatable bonds is 4. The average molecular weight is 210 g/mol. The van der Waals surface area contributed by atoms with Gasteiger partial charge >= 0.3 is 0 Å². The van der Waals surface area contributed by atoms with Gasteiger partial charge in [-0.05, 0) is 0 Å². The summed E-state index contributed by atoms with van der Waals surface area (Å²) in [6.45, 7) is 7.36. The SMILES string of the molecule is COCCOc1cnc(C(C)(C)C)cn1. The fourth-order valence-corrected chi connectivity index (χ4v) is 1.01. The molecule has 15 heavy (non-hydrogen) atoms. The molecule has 0 N–H and O–H groups in total. The van der Waals surface area contributed by atoms with E-state index >= 15 is 0 Å². The highest BCUT2D eigenvalue weighted by Crippen LogP contribution is 2.19. The van der Waals surface area contributed by atoms with Gasteiger partial charge in [-0.15, -0.1) is 0 Å². The third kappa shape index (κ3) is 3.83. The van der Waals surface area contributed by atoms with E-state index in [1.165, 1.54) is 0 Å². The summed E-state index contributed by atoms with van der Waals surface area (Å²) in [6, 6.07) is 0. The zero-order valence-electron chi connectivity index (χ0n) is 9.78. The normalized spacial score (nSPS) is 11.5. The summed E-state index contributed by atoms with van der Waals surface area (Å²) < 4.78 is 10.2. The summed E-state index contributed by atoms with van der Waals surface area (Å²) in [5, 5.41) is 0. The lowest BCUT2D eigenvalue weighted by Crippen LogP contribution is -2.14. The summed E-state index contributed by atoms with van der Waals surface area (Å²) in [6.07, 6.45) is 3.40. The van der Waals surface area contributed by atoms with Crippen LogP contribution in [-0.2, 0) is 10.2 Å². The van der Waals surface area contributed by atoms with E-state index in [4.69, 9.17) is 9.47 Å². The number of nitrogens with zero attached hydrogens (tertiary/aromatic N) is 2. The minimum atomic E-state index is 0.0259. The molecule has 1 aromatic heterocycles. The van der Waals surface area contributed by atoms with Crippen LogP contribution < -0.4 is 4.74 Å². The van der Waals surface area contributed by atoms with Crippen LogP contribution in [0.25, 0.3) is 0 Å². The Morgan fingerprint density at radius 2 is 1.87 bits per heavy atom. The van der Waals surface area contributed by atoms with Gasteiger partial charge in [0.15, 0.2) is 0 Å². The third-order valence-corrected chi connectivity index (χ3v) is 1.93. The van der Waals surface area contributed by atoms with Crippen molar-refractivity contribution in [2.24, 2.45) is 0 Å². The Hall–Kier alpha value is -1.16. The van der Waals surface area contributed by atoms with E-state index < -0.39 is 0 Å². The zero-order valence-corrected chi connectivity index (χ0v) is 9.78. The minimum Gasteiger partial charge on any atom is -0.474 e. The van der Waals surface area contributed by atoms with E-state index in [1.807, 2.05) is 0 Å². The van der Waals surface area contributed by atoms with Crippen LogP contribution in [0, 0.1) is 0 Å². The maximum Gasteiger partial charge on any atom is 0.232 e. The van der Waals surface area contributed by atoms with Crippen molar-refractivity contribution in [1.82, 2.24) is 9.97 Å². The first-order valence-corrected chi connectivity index (χ1v) is 4.98. The van der Waals surface area contributed by atoms with Crippen molar-refractivity contribution in [2.45, 2.75) is 26.2 Å². The van der Waals surface area contributed by atoms with Gasteiger partial charge in [-0.3, -0.25) is 4.98 Å². The molecule has 0 atom stereocenters. The smallest absolute Gasteiger partial charge is 0.232 e. The molecule has 4 nitrogen and oxygen atoms in total. The molecule has 0 spiro atoms. The van der Waals surface area contributed by atoms with Gasteiger partial charge in [0.1, 0.15) is 6.61 Å². The summed E-state index contributed by atoms with van der Waals surface area (Å²) in [4.78, 5) is 8.48. The highest BCUT2D eigenvalue weighted by Gasteiger charge is 2.15. The summed E-state index contributed by atoms with van der Waals surface area (Å²) in [7, 11) is 1.64. The van der Waals surface area contributed by atoms with Crippen molar-refractivity contribution in [1.29, 1.82) is 0 Å². The molecule has 84 valence electrons. The molecule has 0 aliphatic carbocycles. The topological polar surface area (TPSA) is 44.2 Å². The van der Waals surface area contributed by atoms with E-state index in [2.05, 4.69) is 30.7 Å². The second-order valence-corrected chi connectivity index (χ2v) is 4.33. The van der Waals surface area contributed by atoms with Gasteiger partial charge in [-0.1, -0.05) is 20.8 Å². The second kappa shape index (κ2) is 5.07. The van der Waals surface area contributed by atoms with Gasteiger partial charge in [0.2, 0.25) is 5.88 Å².